The van der Waals surface area contributed by atoms with Gasteiger partial charge in [-0.15, -0.1) is 0 Å². The largest absolute Gasteiger partial charge is 0.487 e. The van der Waals surface area contributed by atoms with Crippen molar-refractivity contribution in [2.24, 2.45) is 47.3 Å². The Morgan fingerprint density at radius 2 is 1.54 bits per heavy atom. The van der Waals surface area contributed by atoms with Gasteiger partial charge < -0.3 is 10.1 Å². The maximum atomic E-state index is 7.07. The molecule has 1 aromatic carbocycles. The van der Waals surface area contributed by atoms with E-state index in [2.05, 4.69) is 97.3 Å². The Morgan fingerprint density at radius 1 is 0.750 bits per heavy atom. The molecule has 9 atom stereocenters. The van der Waals surface area contributed by atoms with Crippen molar-refractivity contribution in [3.05, 3.63) is 107 Å². The third-order valence-electron chi connectivity index (χ3n) is 16.9. The fourth-order valence-electron chi connectivity index (χ4n) is 14.0. The highest BCUT2D eigenvalue weighted by Gasteiger charge is 2.57. The first-order chi connectivity index (χ1) is 27.6. The van der Waals surface area contributed by atoms with Crippen LogP contribution in [0, 0.1) is 47.3 Å². The average molecular weight is 754 g/mol. The molecule has 9 rings (SSSR count). The molecule has 3 saturated carbocycles. The Balaban J connectivity index is 0.919. The summed E-state index contributed by atoms with van der Waals surface area (Å²) in [7, 11) is 0. The van der Waals surface area contributed by atoms with Crippen LogP contribution in [0.5, 0.6) is 0 Å². The summed E-state index contributed by atoms with van der Waals surface area (Å²) in [5.74, 6) is 7.69. The number of hydrogen-bond donors (Lipinski definition) is 1. The summed E-state index contributed by atoms with van der Waals surface area (Å²) < 4.78 is 7.07. The van der Waals surface area contributed by atoms with E-state index in [0.717, 1.165) is 61.2 Å². The monoisotopic (exact) mass is 754 g/mol. The van der Waals surface area contributed by atoms with Crippen LogP contribution in [0.15, 0.2) is 102 Å². The summed E-state index contributed by atoms with van der Waals surface area (Å²) in [6.45, 7) is 3.65. The Labute approximate surface area is 341 Å². The number of nitrogens with one attached hydrogen (secondary N) is 1. The second-order valence-electron chi connectivity index (χ2n) is 20.4. The van der Waals surface area contributed by atoms with Crippen molar-refractivity contribution in [1.82, 2.24) is 5.32 Å². The number of benzene rings is 1. The molecule has 2 heteroatoms. The zero-order chi connectivity index (χ0) is 37.8. The lowest BCUT2D eigenvalue weighted by atomic mass is 9.51. The molecule has 1 aromatic rings. The van der Waals surface area contributed by atoms with Gasteiger partial charge in [0.05, 0.1) is 5.41 Å². The topological polar surface area (TPSA) is 21.3 Å². The van der Waals surface area contributed by atoms with Crippen LogP contribution in [-0.2, 0) is 10.2 Å². The summed E-state index contributed by atoms with van der Waals surface area (Å²) in [5.41, 5.74) is 4.00. The highest BCUT2D eigenvalue weighted by atomic mass is 16.5. The average Bonchev–Trinajstić information content (AvgIpc) is 3.26. The van der Waals surface area contributed by atoms with E-state index >= 15 is 0 Å². The predicted molar refractivity (Wildman–Crippen MR) is 235 cm³/mol. The Hall–Kier alpha value is -2.58. The van der Waals surface area contributed by atoms with Gasteiger partial charge in [-0.1, -0.05) is 149 Å². The summed E-state index contributed by atoms with van der Waals surface area (Å²) >= 11 is 0. The minimum absolute atomic E-state index is 0.150. The number of rotatable bonds is 11. The lowest BCUT2D eigenvalue weighted by molar-refractivity contribution is 0.00891. The summed E-state index contributed by atoms with van der Waals surface area (Å²) in [5, 5.41) is 4.31. The van der Waals surface area contributed by atoms with E-state index in [1.807, 2.05) is 0 Å². The lowest BCUT2D eigenvalue weighted by Crippen LogP contribution is -2.53. The van der Waals surface area contributed by atoms with Gasteiger partial charge in [0.25, 0.3) is 0 Å². The molecule has 0 spiro atoms. The van der Waals surface area contributed by atoms with Crippen molar-refractivity contribution in [1.29, 1.82) is 0 Å². The maximum Gasteiger partial charge on any atom is 0.132 e. The van der Waals surface area contributed by atoms with Gasteiger partial charge in [-0.25, -0.2) is 0 Å². The van der Waals surface area contributed by atoms with E-state index in [9.17, 15) is 0 Å². The molecule has 56 heavy (non-hydrogen) atoms. The maximum absolute atomic E-state index is 7.07. The molecule has 0 amide bonds. The van der Waals surface area contributed by atoms with Crippen LogP contribution in [0.2, 0.25) is 0 Å². The molecule has 1 N–H and O–H groups in total. The molecule has 302 valence electrons. The van der Waals surface area contributed by atoms with E-state index in [4.69, 9.17) is 4.74 Å². The molecule has 0 saturated heterocycles. The smallest absolute Gasteiger partial charge is 0.132 e. The van der Waals surface area contributed by atoms with E-state index in [-0.39, 0.29) is 11.0 Å². The molecule has 1 aliphatic heterocycles. The minimum atomic E-state index is -0.285. The van der Waals surface area contributed by atoms with Gasteiger partial charge >= 0.3 is 0 Å². The van der Waals surface area contributed by atoms with Crippen molar-refractivity contribution in [3.63, 3.8) is 0 Å². The quantitative estimate of drug-likeness (QED) is 0.227. The number of ether oxygens (including phenoxy) is 1. The molecule has 0 bridgehead atoms. The molecule has 9 unspecified atom stereocenters. The van der Waals surface area contributed by atoms with Crippen molar-refractivity contribution in [2.75, 3.05) is 6.54 Å². The van der Waals surface area contributed by atoms with E-state index in [1.165, 1.54) is 151 Å². The van der Waals surface area contributed by atoms with Crippen LogP contribution >= 0.6 is 0 Å². The standard InChI is InChI=1S/C54H75NO/c1-53-35-14-13-32-52(53)54(47-27-9-4-10-28-47,49-30-11-12-31-51(49)56-53)48-29-17-25-45(38-48)43-23-15-20-40(36-43)33-34-50(55-39-41-18-5-2-6-19-41)46-26-16-24-44(37-46)42-21-7-3-8-22-42/h4,9-11,13-14,16-17,25-28,30,32,40-46,48,50,55H,2-3,5-8,12,15,18-24,29,31,33-39H2,1H3. The van der Waals surface area contributed by atoms with Crippen LogP contribution in [0.25, 0.3) is 0 Å². The van der Waals surface area contributed by atoms with Gasteiger partial charge in [0.2, 0.25) is 0 Å². The van der Waals surface area contributed by atoms with Gasteiger partial charge in [0.15, 0.2) is 0 Å². The SMILES string of the molecule is CC12CC=CC=C1C(c1ccccc1)(C1CC=CC(C3CCCC(CCC(NCC4CCCCC4)C4C=CCC(C5CCCCC5)C4)C3)C1)C1=C(CCC=C1)O2. The van der Waals surface area contributed by atoms with Gasteiger partial charge in [-0.2, -0.15) is 0 Å². The van der Waals surface area contributed by atoms with Crippen molar-refractivity contribution >= 4 is 0 Å². The molecular formula is C54H75NO. The third-order valence-corrected chi connectivity index (χ3v) is 16.9. The van der Waals surface area contributed by atoms with Gasteiger partial charge in [0, 0.05) is 24.5 Å². The minimum Gasteiger partial charge on any atom is -0.487 e. The van der Waals surface area contributed by atoms with E-state index < -0.39 is 0 Å². The zero-order valence-corrected chi connectivity index (χ0v) is 35.2. The van der Waals surface area contributed by atoms with Crippen molar-refractivity contribution < 1.29 is 4.74 Å². The normalized spacial score (nSPS) is 37.1. The van der Waals surface area contributed by atoms with Crippen LogP contribution in [0.1, 0.15) is 160 Å². The number of hydrogen-bond acceptors (Lipinski definition) is 2. The third kappa shape index (κ3) is 8.05. The summed E-state index contributed by atoms with van der Waals surface area (Å²) in [6.07, 6.45) is 54.1. The fourth-order valence-corrected chi connectivity index (χ4v) is 14.0. The van der Waals surface area contributed by atoms with Crippen LogP contribution in [0.3, 0.4) is 0 Å². The second-order valence-corrected chi connectivity index (χ2v) is 20.4. The van der Waals surface area contributed by atoms with Crippen LogP contribution < -0.4 is 5.32 Å². The van der Waals surface area contributed by atoms with E-state index in [0.29, 0.717) is 17.9 Å². The predicted octanol–water partition coefficient (Wildman–Crippen LogP) is 14.1. The zero-order valence-electron chi connectivity index (χ0n) is 35.2. The molecule has 0 aromatic heterocycles. The Bertz CT molecular complexity index is 1650. The Kier molecular flexibility index (Phi) is 12.3. The van der Waals surface area contributed by atoms with Crippen molar-refractivity contribution in [2.45, 2.75) is 172 Å². The fraction of sp³-hybridized carbons (Fsp3) is 0.667. The first kappa shape index (κ1) is 38.9. The molecule has 1 heterocycles. The van der Waals surface area contributed by atoms with Crippen LogP contribution in [-0.4, -0.2) is 18.2 Å². The van der Waals surface area contributed by atoms with Gasteiger partial charge in [0.1, 0.15) is 11.4 Å². The lowest BCUT2D eigenvalue weighted by Gasteiger charge is -2.56. The molecular weight excluding hydrogens is 679 g/mol. The molecule has 2 nitrogen and oxygen atoms in total. The Morgan fingerprint density at radius 3 is 2.39 bits per heavy atom. The number of allylic oxidation sites excluding steroid dienone is 9. The second kappa shape index (κ2) is 17.7. The highest BCUT2D eigenvalue weighted by Crippen LogP contribution is 2.61. The number of fused-ring (bicyclic) bond motifs is 1. The van der Waals surface area contributed by atoms with E-state index in [1.54, 1.807) is 0 Å². The molecule has 8 aliphatic rings. The summed E-state index contributed by atoms with van der Waals surface area (Å²) in [4.78, 5) is 0. The first-order valence-corrected chi connectivity index (χ1v) is 24.2. The first-order valence-electron chi connectivity index (χ1n) is 24.2. The van der Waals surface area contributed by atoms with Gasteiger partial charge in [-0.05, 0) is 143 Å². The highest BCUT2D eigenvalue weighted by molar-refractivity contribution is 5.60. The summed E-state index contributed by atoms with van der Waals surface area (Å²) in [6, 6.07) is 12.3. The van der Waals surface area contributed by atoms with Gasteiger partial charge in [-0.3, -0.25) is 0 Å². The van der Waals surface area contributed by atoms with Crippen molar-refractivity contribution in [3.8, 4) is 0 Å². The van der Waals surface area contributed by atoms with Crippen LogP contribution in [0.4, 0.5) is 0 Å². The molecule has 3 fully saturated rings. The molecule has 0 radical (unpaired) electrons. The molecule has 7 aliphatic carbocycles.